The maximum absolute atomic E-state index is 11.4. The van der Waals surface area contributed by atoms with E-state index in [1.807, 2.05) is 0 Å². The summed E-state index contributed by atoms with van der Waals surface area (Å²) in [6.07, 6.45) is 0.922. The third-order valence-corrected chi connectivity index (χ3v) is 2.11. The number of nitriles is 1. The Morgan fingerprint density at radius 3 is 2.64 bits per heavy atom. The summed E-state index contributed by atoms with van der Waals surface area (Å²) >= 11 is 0. The lowest BCUT2D eigenvalue weighted by Crippen LogP contribution is -2.22. The van der Waals surface area contributed by atoms with Gasteiger partial charge in [-0.25, -0.2) is 0 Å². The molecule has 72 valence electrons. The van der Waals surface area contributed by atoms with E-state index in [2.05, 4.69) is 0 Å². The van der Waals surface area contributed by atoms with Gasteiger partial charge in [0, 0.05) is 13.3 Å². The zero-order chi connectivity index (χ0) is 10.9. The third kappa shape index (κ3) is 1.17. The summed E-state index contributed by atoms with van der Waals surface area (Å²) in [4.78, 5) is 11.4. The molecule has 0 aromatic carbocycles. The minimum absolute atomic E-state index is 0.0381. The molecule has 0 aliphatic heterocycles. The summed E-state index contributed by atoms with van der Waals surface area (Å²) in [5.74, 6) is -0.290. The third-order valence-electron chi connectivity index (χ3n) is 2.11. The van der Waals surface area contributed by atoms with E-state index < -0.39 is 5.56 Å². The van der Waals surface area contributed by atoms with Gasteiger partial charge in [-0.2, -0.15) is 5.26 Å². The first kappa shape index (κ1) is 9.99. The van der Waals surface area contributed by atoms with Crippen molar-refractivity contribution in [2.45, 2.75) is 6.92 Å². The molecule has 0 aliphatic rings. The summed E-state index contributed by atoms with van der Waals surface area (Å²) in [5.41, 5.74) is -0.0522. The fraction of sp³-hybridized carbons (Fsp3) is 0.222. The molecular formula is C9H9N3O2. The highest BCUT2D eigenvalue weighted by Gasteiger charge is 2.14. The minimum atomic E-state index is -0.548. The van der Waals surface area contributed by atoms with Gasteiger partial charge in [-0.15, -0.1) is 0 Å². The number of pyridine rings is 1. The van der Waals surface area contributed by atoms with E-state index in [4.69, 9.17) is 10.7 Å². The van der Waals surface area contributed by atoms with Crippen molar-refractivity contribution in [1.29, 1.82) is 10.7 Å². The molecule has 0 aliphatic carbocycles. The molecule has 0 bridgehead atoms. The van der Waals surface area contributed by atoms with E-state index >= 15 is 0 Å². The van der Waals surface area contributed by atoms with Crippen LogP contribution >= 0.6 is 0 Å². The number of hydrogen-bond acceptors (Lipinski definition) is 4. The Bertz CT molecular complexity index is 494. The number of hydrogen-bond donors (Lipinski definition) is 2. The first-order valence-electron chi connectivity index (χ1n) is 3.87. The Labute approximate surface area is 80.4 Å². The lowest BCUT2D eigenvalue weighted by Gasteiger charge is -2.08. The molecule has 0 fully saturated rings. The van der Waals surface area contributed by atoms with Crippen molar-refractivity contribution in [3.8, 4) is 11.9 Å². The Morgan fingerprint density at radius 2 is 2.21 bits per heavy atom. The van der Waals surface area contributed by atoms with Gasteiger partial charge in [0.1, 0.15) is 11.6 Å². The van der Waals surface area contributed by atoms with Crippen LogP contribution in [0, 0.1) is 23.7 Å². The maximum atomic E-state index is 11.4. The van der Waals surface area contributed by atoms with Crippen molar-refractivity contribution < 1.29 is 5.11 Å². The fourth-order valence-electron chi connectivity index (χ4n) is 1.21. The zero-order valence-electron chi connectivity index (χ0n) is 7.83. The van der Waals surface area contributed by atoms with Crippen molar-refractivity contribution in [3.63, 3.8) is 0 Å². The van der Waals surface area contributed by atoms with Gasteiger partial charge in [0.05, 0.1) is 5.56 Å². The maximum Gasteiger partial charge on any atom is 0.271 e. The van der Waals surface area contributed by atoms with E-state index in [1.54, 1.807) is 6.07 Å². The van der Waals surface area contributed by atoms with Gasteiger partial charge in [-0.1, -0.05) is 0 Å². The molecule has 0 radical (unpaired) electrons. The second kappa shape index (κ2) is 3.34. The molecule has 0 amide bonds. The van der Waals surface area contributed by atoms with Gasteiger partial charge < -0.3 is 10.5 Å². The van der Waals surface area contributed by atoms with Crippen LogP contribution in [0.2, 0.25) is 0 Å². The predicted molar refractivity (Wildman–Crippen MR) is 50.7 cm³/mol. The highest BCUT2D eigenvalue weighted by atomic mass is 16.3. The van der Waals surface area contributed by atoms with Gasteiger partial charge >= 0.3 is 0 Å². The number of aromatic hydroxyl groups is 1. The summed E-state index contributed by atoms with van der Waals surface area (Å²) in [7, 11) is 1.35. The van der Waals surface area contributed by atoms with Crippen LogP contribution in [-0.4, -0.2) is 15.9 Å². The van der Waals surface area contributed by atoms with Gasteiger partial charge in [0.15, 0.2) is 0 Å². The van der Waals surface area contributed by atoms with Gasteiger partial charge in [-0.3, -0.25) is 9.36 Å². The first-order valence-corrected chi connectivity index (χ1v) is 3.87. The van der Waals surface area contributed by atoms with Crippen molar-refractivity contribution in [3.05, 3.63) is 27.0 Å². The molecule has 0 unspecified atom stereocenters. The van der Waals surface area contributed by atoms with E-state index in [1.165, 1.54) is 14.0 Å². The summed E-state index contributed by atoms with van der Waals surface area (Å²) in [6.45, 7) is 1.53. The van der Waals surface area contributed by atoms with Gasteiger partial charge in [-0.05, 0) is 12.5 Å². The first-order chi connectivity index (χ1) is 6.54. The van der Waals surface area contributed by atoms with Crippen LogP contribution in [0.15, 0.2) is 4.79 Å². The zero-order valence-corrected chi connectivity index (χ0v) is 7.83. The quantitative estimate of drug-likeness (QED) is 0.624. The molecule has 5 heteroatoms. The van der Waals surface area contributed by atoms with Crippen molar-refractivity contribution >= 4 is 6.21 Å². The van der Waals surface area contributed by atoms with Crippen LogP contribution in [0.3, 0.4) is 0 Å². The lowest BCUT2D eigenvalue weighted by molar-refractivity contribution is 0.421. The summed E-state index contributed by atoms with van der Waals surface area (Å²) < 4.78 is 0.950. The minimum Gasteiger partial charge on any atom is -0.494 e. The highest BCUT2D eigenvalue weighted by molar-refractivity contribution is 5.83. The second-order valence-electron chi connectivity index (χ2n) is 2.86. The van der Waals surface area contributed by atoms with Crippen molar-refractivity contribution in [2.75, 3.05) is 0 Å². The molecule has 1 rings (SSSR count). The Morgan fingerprint density at radius 1 is 1.64 bits per heavy atom. The van der Waals surface area contributed by atoms with Crippen molar-refractivity contribution in [1.82, 2.24) is 4.57 Å². The molecule has 5 nitrogen and oxygen atoms in total. The largest absolute Gasteiger partial charge is 0.494 e. The monoisotopic (exact) mass is 191 g/mol. The number of nitrogens with zero attached hydrogens (tertiary/aromatic N) is 2. The Hall–Kier alpha value is -2.09. The molecular weight excluding hydrogens is 182 g/mol. The molecule has 0 saturated carbocycles. The molecule has 0 saturated heterocycles. The number of aromatic nitrogens is 1. The predicted octanol–water partition coefficient (Wildman–Crippen LogP) is 0.269. The SMILES string of the molecule is Cc1c(C=N)c(O)n(C)c(=O)c1C#N. The van der Waals surface area contributed by atoms with Crippen LogP contribution < -0.4 is 5.56 Å². The molecule has 0 atom stereocenters. The van der Waals surface area contributed by atoms with Gasteiger partial charge in [0.25, 0.3) is 5.56 Å². The molecule has 0 spiro atoms. The molecule has 1 heterocycles. The molecule has 1 aromatic heterocycles. The van der Waals surface area contributed by atoms with E-state index in [0.29, 0.717) is 5.56 Å². The van der Waals surface area contributed by atoms with Crippen LogP contribution in [0.25, 0.3) is 0 Å². The summed E-state index contributed by atoms with van der Waals surface area (Å²) in [6, 6.07) is 1.76. The smallest absolute Gasteiger partial charge is 0.271 e. The Kier molecular flexibility index (Phi) is 2.38. The average molecular weight is 191 g/mol. The molecule has 1 aromatic rings. The fourth-order valence-corrected chi connectivity index (χ4v) is 1.21. The average Bonchev–Trinajstić information content (AvgIpc) is 2.16. The highest BCUT2D eigenvalue weighted by Crippen LogP contribution is 2.17. The topological polar surface area (TPSA) is 89.9 Å². The van der Waals surface area contributed by atoms with Crippen LogP contribution in [-0.2, 0) is 7.05 Å². The molecule has 2 N–H and O–H groups in total. The van der Waals surface area contributed by atoms with Gasteiger partial charge in [0.2, 0.25) is 5.88 Å². The lowest BCUT2D eigenvalue weighted by atomic mass is 10.1. The van der Waals surface area contributed by atoms with Crippen molar-refractivity contribution in [2.24, 2.45) is 7.05 Å². The number of nitrogens with one attached hydrogen (secondary N) is 1. The second-order valence-corrected chi connectivity index (χ2v) is 2.86. The number of rotatable bonds is 1. The Balaban J connectivity index is 3.85. The van der Waals surface area contributed by atoms with E-state index in [9.17, 15) is 9.90 Å². The van der Waals surface area contributed by atoms with E-state index in [0.717, 1.165) is 10.8 Å². The van der Waals surface area contributed by atoms with E-state index in [-0.39, 0.29) is 17.0 Å². The molecule has 14 heavy (non-hydrogen) atoms. The van der Waals surface area contributed by atoms with Crippen LogP contribution in [0.4, 0.5) is 0 Å². The van der Waals surface area contributed by atoms with Crippen LogP contribution in [0.1, 0.15) is 16.7 Å². The van der Waals surface area contributed by atoms with Crippen LogP contribution in [0.5, 0.6) is 5.88 Å². The standard InChI is InChI=1S/C9H9N3O2/c1-5-6(3-10)8(13)12(2)9(14)7(5)4-11/h3,10,13H,1-2H3. The summed E-state index contributed by atoms with van der Waals surface area (Å²) in [5, 5.41) is 25.3. The normalized spacial score (nSPS) is 9.50.